The Morgan fingerprint density at radius 2 is 2.14 bits per heavy atom. The normalized spacial score (nSPS) is 9.86. The number of Topliss-reactive ketones (excluding diaryl/α,β-unsaturated/α-hetero) is 1. The minimum atomic E-state index is -0.744. The number of nitro benzene ring substituents is 1. The van der Waals surface area contributed by atoms with E-state index in [1.807, 2.05) is 0 Å². The van der Waals surface area contributed by atoms with Gasteiger partial charge in [0.25, 0.3) is 0 Å². The Kier molecular flexibility index (Phi) is 2.85. The molecule has 1 N–H and O–H groups in total. The highest BCUT2D eigenvalue weighted by Gasteiger charge is 2.22. The van der Waals surface area contributed by atoms with Crippen LogP contribution in [0, 0.1) is 10.1 Å². The van der Waals surface area contributed by atoms with Crippen LogP contribution in [0.4, 0.5) is 5.69 Å². The van der Waals surface area contributed by atoms with Gasteiger partial charge in [-0.3, -0.25) is 14.9 Å². The third-order valence-electron chi connectivity index (χ3n) is 1.66. The summed E-state index contributed by atoms with van der Waals surface area (Å²) in [5, 5.41) is 19.9. The van der Waals surface area contributed by atoms with Crippen LogP contribution in [0.2, 0.25) is 0 Å². The Morgan fingerprint density at radius 1 is 1.57 bits per heavy atom. The number of rotatable bonds is 2. The number of hydrogen-bond donors (Lipinski definition) is 1. The van der Waals surface area contributed by atoms with Gasteiger partial charge in [0, 0.05) is 0 Å². The molecule has 0 saturated carbocycles. The van der Waals surface area contributed by atoms with Crippen molar-refractivity contribution in [2.75, 3.05) is 0 Å². The molecule has 0 aromatic heterocycles. The summed E-state index contributed by atoms with van der Waals surface area (Å²) in [7, 11) is 0. The highest BCUT2D eigenvalue weighted by molar-refractivity contribution is 9.10. The van der Waals surface area contributed by atoms with Crippen LogP contribution in [0.25, 0.3) is 0 Å². The van der Waals surface area contributed by atoms with E-state index in [2.05, 4.69) is 15.9 Å². The molecule has 1 rings (SSSR count). The number of carbonyl (C=O) groups excluding carboxylic acids is 1. The van der Waals surface area contributed by atoms with E-state index < -0.39 is 22.1 Å². The molecule has 0 spiro atoms. The lowest BCUT2D eigenvalue weighted by molar-refractivity contribution is -0.386. The zero-order chi connectivity index (χ0) is 10.9. The average Bonchev–Trinajstić information content (AvgIpc) is 2.02. The number of ketones is 1. The molecule has 0 bridgehead atoms. The molecule has 1 aromatic rings. The summed E-state index contributed by atoms with van der Waals surface area (Å²) in [5.41, 5.74) is -0.544. The van der Waals surface area contributed by atoms with E-state index in [0.29, 0.717) is 0 Å². The molecule has 74 valence electrons. The molecule has 0 fully saturated rings. The zero-order valence-electron chi connectivity index (χ0n) is 7.15. The topological polar surface area (TPSA) is 80.4 Å². The number of benzene rings is 1. The third kappa shape index (κ3) is 1.74. The second-order valence-electron chi connectivity index (χ2n) is 2.61. The number of carbonyl (C=O) groups is 1. The summed E-state index contributed by atoms with van der Waals surface area (Å²) in [6.07, 6.45) is 0. The van der Waals surface area contributed by atoms with Crippen molar-refractivity contribution >= 4 is 27.4 Å². The van der Waals surface area contributed by atoms with Gasteiger partial charge in [-0.15, -0.1) is 0 Å². The van der Waals surface area contributed by atoms with Gasteiger partial charge in [0.2, 0.25) is 5.75 Å². The number of phenols is 1. The second-order valence-corrected chi connectivity index (χ2v) is 3.46. The smallest absolute Gasteiger partial charge is 0.325 e. The van der Waals surface area contributed by atoms with Gasteiger partial charge in [-0.25, -0.2) is 0 Å². The van der Waals surface area contributed by atoms with Crippen LogP contribution in [-0.2, 0) is 0 Å². The molecule has 5 nitrogen and oxygen atoms in total. The number of hydrogen-bond acceptors (Lipinski definition) is 4. The molecular weight excluding hydrogens is 254 g/mol. The van der Waals surface area contributed by atoms with Gasteiger partial charge >= 0.3 is 5.69 Å². The minimum Gasteiger partial charge on any atom is -0.502 e. The number of aromatic hydroxyl groups is 1. The van der Waals surface area contributed by atoms with Crippen LogP contribution in [0.3, 0.4) is 0 Å². The lowest BCUT2D eigenvalue weighted by atomic mass is 10.1. The maximum absolute atomic E-state index is 11.0. The van der Waals surface area contributed by atoms with Crippen LogP contribution in [0.15, 0.2) is 16.6 Å². The molecule has 14 heavy (non-hydrogen) atoms. The zero-order valence-corrected chi connectivity index (χ0v) is 8.74. The van der Waals surface area contributed by atoms with E-state index in [0.717, 1.165) is 0 Å². The SMILES string of the molecule is CC(=O)c1ccc(Br)c([N+](=O)[O-])c1O. The van der Waals surface area contributed by atoms with Crippen molar-refractivity contribution in [3.05, 3.63) is 32.3 Å². The van der Waals surface area contributed by atoms with Crippen molar-refractivity contribution < 1.29 is 14.8 Å². The van der Waals surface area contributed by atoms with Crippen molar-refractivity contribution in [2.24, 2.45) is 0 Å². The molecule has 0 atom stereocenters. The van der Waals surface area contributed by atoms with Crippen molar-refractivity contribution in [1.82, 2.24) is 0 Å². The molecule has 0 unspecified atom stereocenters. The van der Waals surface area contributed by atoms with Gasteiger partial charge in [0.05, 0.1) is 15.0 Å². The first-order valence-electron chi connectivity index (χ1n) is 3.62. The Morgan fingerprint density at radius 3 is 2.57 bits per heavy atom. The largest absolute Gasteiger partial charge is 0.502 e. The van der Waals surface area contributed by atoms with Crippen LogP contribution in [0.5, 0.6) is 5.75 Å². The van der Waals surface area contributed by atoms with Crippen molar-refractivity contribution in [3.63, 3.8) is 0 Å². The molecule has 0 aliphatic heterocycles. The predicted octanol–water partition coefficient (Wildman–Crippen LogP) is 2.27. The first-order valence-corrected chi connectivity index (χ1v) is 4.41. The Balaban J connectivity index is 3.49. The van der Waals surface area contributed by atoms with Gasteiger partial charge in [0.15, 0.2) is 5.78 Å². The maximum Gasteiger partial charge on any atom is 0.325 e. The number of phenolic OH excluding ortho intramolecular Hbond substituents is 1. The fourth-order valence-electron chi connectivity index (χ4n) is 1.01. The number of halogens is 1. The summed E-state index contributed by atoms with van der Waals surface area (Å²) >= 11 is 2.92. The van der Waals surface area contributed by atoms with E-state index in [9.17, 15) is 20.0 Å². The monoisotopic (exact) mass is 259 g/mol. The standard InChI is InChI=1S/C8H6BrNO4/c1-4(11)5-2-3-6(9)7(8(5)12)10(13)14/h2-3,12H,1H3. The number of nitro groups is 1. The van der Waals surface area contributed by atoms with E-state index in [1.54, 1.807) is 0 Å². The van der Waals surface area contributed by atoms with E-state index in [4.69, 9.17) is 0 Å². The lowest BCUT2D eigenvalue weighted by Gasteiger charge is -2.02. The van der Waals surface area contributed by atoms with Gasteiger partial charge in [0.1, 0.15) is 0 Å². The molecule has 0 aliphatic carbocycles. The Bertz CT molecular complexity index is 416. The molecular formula is C8H6BrNO4. The maximum atomic E-state index is 11.0. The average molecular weight is 260 g/mol. The minimum absolute atomic E-state index is 0.0556. The Labute approximate surface area is 87.6 Å². The highest BCUT2D eigenvalue weighted by Crippen LogP contribution is 2.36. The first-order chi connectivity index (χ1) is 6.45. The van der Waals surface area contributed by atoms with Gasteiger partial charge in [-0.2, -0.15) is 0 Å². The lowest BCUT2D eigenvalue weighted by Crippen LogP contribution is -1.97. The van der Waals surface area contributed by atoms with Crippen molar-refractivity contribution in [2.45, 2.75) is 6.92 Å². The van der Waals surface area contributed by atoms with Crippen LogP contribution in [0.1, 0.15) is 17.3 Å². The Hall–Kier alpha value is -1.43. The van der Waals surface area contributed by atoms with Crippen LogP contribution in [-0.4, -0.2) is 15.8 Å². The predicted molar refractivity (Wildman–Crippen MR) is 52.5 cm³/mol. The second kappa shape index (κ2) is 3.75. The summed E-state index contributed by atoms with van der Waals surface area (Å²) in [5.74, 6) is -1.02. The quantitative estimate of drug-likeness (QED) is 0.502. The van der Waals surface area contributed by atoms with E-state index in [-0.39, 0.29) is 10.0 Å². The molecule has 0 amide bonds. The molecule has 0 radical (unpaired) electrons. The summed E-state index contributed by atoms with van der Waals surface area (Å²) in [4.78, 5) is 20.7. The van der Waals surface area contributed by atoms with Crippen molar-refractivity contribution in [3.8, 4) is 5.75 Å². The summed E-state index contributed by atoms with van der Waals surface area (Å²) in [6.45, 7) is 1.23. The summed E-state index contributed by atoms with van der Waals surface area (Å²) < 4.78 is 0.144. The molecule has 1 aromatic carbocycles. The molecule has 6 heteroatoms. The van der Waals surface area contributed by atoms with Crippen molar-refractivity contribution in [1.29, 1.82) is 0 Å². The first kappa shape index (κ1) is 10.6. The van der Waals surface area contributed by atoms with Gasteiger partial charge in [-0.1, -0.05) is 0 Å². The fraction of sp³-hybridized carbons (Fsp3) is 0.125. The summed E-state index contributed by atoms with van der Waals surface area (Å²) in [6, 6.07) is 2.68. The van der Waals surface area contributed by atoms with Crippen LogP contribution >= 0.6 is 15.9 Å². The van der Waals surface area contributed by atoms with Gasteiger partial charge < -0.3 is 5.11 Å². The molecule has 0 heterocycles. The van der Waals surface area contributed by atoms with Gasteiger partial charge in [-0.05, 0) is 35.0 Å². The third-order valence-corrected chi connectivity index (χ3v) is 2.30. The molecule has 0 saturated heterocycles. The fourth-order valence-corrected chi connectivity index (χ4v) is 1.48. The van der Waals surface area contributed by atoms with E-state index >= 15 is 0 Å². The number of nitrogens with zero attached hydrogens (tertiary/aromatic N) is 1. The van der Waals surface area contributed by atoms with E-state index in [1.165, 1.54) is 19.1 Å². The molecule has 0 aliphatic rings. The van der Waals surface area contributed by atoms with Crippen LogP contribution < -0.4 is 0 Å². The highest BCUT2D eigenvalue weighted by atomic mass is 79.9.